The third-order valence-electron chi connectivity index (χ3n) is 5.92. The summed E-state index contributed by atoms with van der Waals surface area (Å²) in [4.78, 5) is 19.0. The maximum Gasteiger partial charge on any atom is 0.290 e. The van der Waals surface area contributed by atoms with Gasteiger partial charge >= 0.3 is 0 Å². The molecule has 2 atom stereocenters. The minimum atomic E-state index is -0.250. The van der Waals surface area contributed by atoms with Gasteiger partial charge in [-0.05, 0) is 41.9 Å². The van der Waals surface area contributed by atoms with E-state index in [0.717, 1.165) is 32.7 Å². The summed E-state index contributed by atoms with van der Waals surface area (Å²) in [5.41, 5.74) is 3.55. The number of nitrogens with zero attached hydrogens (tertiary/aromatic N) is 2. The molecule has 2 aliphatic heterocycles. The lowest BCUT2D eigenvalue weighted by Gasteiger charge is -2.31. The summed E-state index contributed by atoms with van der Waals surface area (Å²) in [7, 11) is 0. The van der Waals surface area contributed by atoms with E-state index in [1.807, 2.05) is 25.2 Å². The van der Waals surface area contributed by atoms with Crippen LogP contribution in [0.25, 0.3) is 0 Å². The van der Waals surface area contributed by atoms with Crippen molar-refractivity contribution in [1.29, 1.82) is 0 Å². The molecule has 30 heavy (non-hydrogen) atoms. The monoisotopic (exact) mass is 454 g/mol. The standard InChI is InChI=1S/C20H30N2OS2.C2H6.CH2O2/c1-5-15-18(25-19(21-15)22-8-10-23-11-9-22)17-13(2)14-12-20(3,4)7-6-16(14)24-17;1-2;2-1-3/h13,17H,5-12H2,1-4H3;1-2H3;1H,(H,2,3). The van der Waals surface area contributed by atoms with Crippen LogP contribution in [0.5, 0.6) is 0 Å². The average molecular weight is 455 g/mol. The predicted octanol–water partition coefficient (Wildman–Crippen LogP) is 6.16. The molecule has 170 valence electrons. The molecule has 0 amide bonds. The Morgan fingerprint density at radius 2 is 1.93 bits per heavy atom. The average Bonchev–Trinajstić information content (AvgIpc) is 3.31. The maximum absolute atomic E-state index is 8.36. The number of thiazole rings is 1. The summed E-state index contributed by atoms with van der Waals surface area (Å²) < 4.78 is 5.51. The highest BCUT2D eigenvalue weighted by Gasteiger charge is 2.40. The second-order valence-electron chi connectivity index (χ2n) is 8.48. The number of ether oxygens (including phenoxy) is 1. The fraction of sp³-hybridized carbons (Fsp3) is 0.739. The van der Waals surface area contributed by atoms with Crippen LogP contribution in [-0.2, 0) is 16.0 Å². The maximum atomic E-state index is 8.36. The molecule has 1 aromatic rings. The van der Waals surface area contributed by atoms with Crippen LogP contribution in [0.2, 0.25) is 0 Å². The van der Waals surface area contributed by atoms with Gasteiger partial charge in [-0.1, -0.05) is 47.1 Å². The molecule has 1 fully saturated rings. The van der Waals surface area contributed by atoms with Crippen molar-refractivity contribution in [3.8, 4) is 0 Å². The first-order valence-corrected chi connectivity index (χ1v) is 12.9. The Hall–Kier alpha value is -1.05. The molecule has 1 aromatic heterocycles. The first-order chi connectivity index (χ1) is 14.4. The minimum Gasteiger partial charge on any atom is -0.483 e. The lowest BCUT2D eigenvalue weighted by atomic mass is 9.74. The molecule has 0 spiro atoms. The lowest BCUT2D eigenvalue weighted by molar-refractivity contribution is -0.122. The fourth-order valence-corrected chi connectivity index (χ4v) is 7.43. The van der Waals surface area contributed by atoms with Crippen molar-refractivity contribution in [3.63, 3.8) is 0 Å². The van der Waals surface area contributed by atoms with Gasteiger partial charge in [0.05, 0.1) is 24.2 Å². The number of carboxylic acid groups (broad SMARTS) is 1. The zero-order valence-electron chi connectivity index (χ0n) is 19.4. The predicted molar refractivity (Wildman–Crippen MR) is 129 cm³/mol. The molecule has 1 N–H and O–H groups in total. The summed E-state index contributed by atoms with van der Waals surface area (Å²) in [5, 5.41) is 8.69. The van der Waals surface area contributed by atoms with Crippen LogP contribution in [0.15, 0.2) is 10.5 Å². The van der Waals surface area contributed by atoms with Gasteiger partial charge in [-0.15, -0.1) is 23.1 Å². The van der Waals surface area contributed by atoms with E-state index in [2.05, 4.69) is 44.4 Å². The van der Waals surface area contributed by atoms with Crippen molar-refractivity contribution in [2.45, 2.75) is 72.5 Å². The molecule has 0 saturated carbocycles. The van der Waals surface area contributed by atoms with Gasteiger partial charge in [0.1, 0.15) is 0 Å². The summed E-state index contributed by atoms with van der Waals surface area (Å²) in [6, 6.07) is 0. The minimum absolute atomic E-state index is 0.250. The number of allylic oxidation sites excluding steroid dienone is 2. The summed E-state index contributed by atoms with van der Waals surface area (Å²) in [6.07, 6.45) is 4.94. The number of carbonyl (C=O) groups is 1. The van der Waals surface area contributed by atoms with Crippen molar-refractivity contribution >= 4 is 34.7 Å². The SMILES string of the molecule is CC.CCc1nc(N2CCOCC2)sc1C1SC2=C(CC(C)(C)CC2)C1C.O=CO. The van der Waals surface area contributed by atoms with E-state index in [-0.39, 0.29) is 6.47 Å². The van der Waals surface area contributed by atoms with Crippen molar-refractivity contribution in [2.24, 2.45) is 11.3 Å². The largest absolute Gasteiger partial charge is 0.483 e. The highest BCUT2D eigenvalue weighted by atomic mass is 32.2. The van der Waals surface area contributed by atoms with E-state index in [0.29, 0.717) is 16.6 Å². The second-order valence-corrected chi connectivity index (χ2v) is 10.7. The molecule has 0 radical (unpaired) electrons. The molecule has 1 aliphatic carbocycles. The molecular weight excluding hydrogens is 416 g/mol. The Labute approximate surface area is 190 Å². The summed E-state index contributed by atoms with van der Waals surface area (Å²) >= 11 is 4.10. The highest BCUT2D eigenvalue weighted by Crippen LogP contribution is 2.60. The van der Waals surface area contributed by atoms with Gasteiger partial charge in [-0.3, -0.25) is 4.79 Å². The zero-order valence-corrected chi connectivity index (χ0v) is 21.0. The Morgan fingerprint density at radius 1 is 1.30 bits per heavy atom. The molecule has 0 aromatic carbocycles. The number of aryl methyl sites for hydroxylation is 1. The molecule has 7 heteroatoms. The lowest BCUT2D eigenvalue weighted by Crippen LogP contribution is -2.36. The van der Waals surface area contributed by atoms with Crippen LogP contribution in [0.1, 0.15) is 76.6 Å². The number of anilines is 1. The van der Waals surface area contributed by atoms with Crippen molar-refractivity contribution < 1.29 is 14.6 Å². The smallest absolute Gasteiger partial charge is 0.290 e. The van der Waals surface area contributed by atoms with Crippen LogP contribution in [0.3, 0.4) is 0 Å². The number of aromatic nitrogens is 1. The molecule has 1 saturated heterocycles. The van der Waals surface area contributed by atoms with Gasteiger partial charge in [0.2, 0.25) is 0 Å². The normalized spacial score (nSPS) is 24.9. The number of morpholine rings is 1. The summed E-state index contributed by atoms with van der Waals surface area (Å²) in [5.74, 6) is 0.655. The quantitative estimate of drug-likeness (QED) is 0.552. The first-order valence-electron chi connectivity index (χ1n) is 11.2. The molecule has 2 unspecified atom stereocenters. The Morgan fingerprint density at radius 3 is 2.53 bits per heavy atom. The number of rotatable bonds is 3. The van der Waals surface area contributed by atoms with Gasteiger partial charge in [0.15, 0.2) is 5.13 Å². The first kappa shape index (κ1) is 25.2. The van der Waals surface area contributed by atoms with Crippen LogP contribution in [-0.4, -0.2) is 42.9 Å². The van der Waals surface area contributed by atoms with E-state index in [1.54, 1.807) is 10.5 Å². The van der Waals surface area contributed by atoms with Gasteiger partial charge < -0.3 is 14.7 Å². The van der Waals surface area contributed by atoms with Crippen molar-refractivity contribution in [3.05, 3.63) is 21.0 Å². The summed E-state index contributed by atoms with van der Waals surface area (Å²) in [6.45, 7) is 16.9. The van der Waals surface area contributed by atoms with Crippen LogP contribution < -0.4 is 4.90 Å². The molecule has 0 bridgehead atoms. The molecule has 4 rings (SSSR count). The van der Waals surface area contributed by atoms with Gasteiger partial charge in [-0.25, -0.2) is 4.98 Å². The van der Waals surface area contributed by atoms with Gasteiger partial charge in [-0.2, -0.15) is 0 Å². The second kappa shape index (κ2) is 11.5. The number of hydrogen-bond acceptors (Lipinski definition) is 6. The van der Waals surface area contributed by atoms with E-state index >= 15 is 0 Å². The number of thioether (sulfide) groups is 1. The number of hydrogen-bond donors (Lipinski definition) is 1. The Balaban J connectivity index is 0.000000590. The van der Waals surface area contributed by atoms with Crippen LogP contribution >= 0.6 is 23.1 Å². The van der Waals surface area contributed by atoms with Crippen molar-refractivity contribution in [2.75, 3.05) is 31.2 Å². The third kappa shape index (κ3) is 5.80. The Bertz CT molecular complexity index is 724. The highest BCUT2D eigenvalue weighted by molar-refractivity contribution is 8.03. The van der Waals surface area contributed by atoms with Crippen molar-refractivity contribution in [1.82, 2.24) is 4.98 Å². The molecule has 3 heterocycles. The van der Waals surface area contributed by atoms with E-state index in [1.165, 1.54) is 35.0 Å². The molecular formula is C23H38N2O3S2. The van der Waals surface area contributed by atoms with Gasteiger partial charge in [0, 0.05) is 18.0 Å². The zero-order chi connectivity index (χ0) is 22.3. The fourth-order valence-electron chi connectivity index (χ4n) is 4.30. The van der Waals surface area contributed by atoms with E-state index in [9.17, 15) is 0 Å². The van der Waals surface area contributed by atoms with Crippen LogP contribution in [0.4, 0.5) is 5.13 Å². The Kier molecular flexibility index (Phi) is 9.69. The van der Waals surface area contributed by atoms with E-state index in [4.69, 9.17) is 19.6 Å². The topological polar surface area (TPSA) is 62.7 Å². The molecule has 5 nitrogen and oxygen atoms in total. The molecule has 3 aliphatic rings. The third-order valence-corrected chi connectivity index (χ3v) is 8.96. The van der Waals surface area contributed by atoms with Gasteiger partial charge in [0.25, 0.3) is 6.47 Å². The van der Waals surface area contributed by atoms with Crippen LogP contribution in [0, 0.1) is 11.3 Å². The van der Waals surface area contributed by atoms with E-state index < -0.39 is 0 Å².